The standard InChI is InChI=1S/C19H22O2/c1-5-19(3,4)15-9-7-14(8-10-15)16-11-6-13(2)12-17(16)18(20)21/h6-12H,5H2,1-4H3,(H,20,21). The fraction of sp³-hybridized carbons (Fsp3) is 0.316. The number of carboxylic acids is 1. The first kappa shape index (κ1) is 15.3. The average molecular weight is 282 g/mol. The molecule has 0 saturated carbocycles. The molecule has 0 spiro atoms. The molecular formula is C19H22O2. The van der Waals surface area contributed by atoms with E-state index in [1.54, 1.807) is 6.07 Å². The molecule has 110 valence electrons. The predicted molar refractivity (Wildman–Crippen MR) is 86.9 cm³/mol. The molecule has 0 atom stereocenters. The van der Waals surface area contributed by atoms with E-state index in [1.165, 1.54) is 5.56 Å². The van der Waals surface area contributed by atoms with E-state index >= 15 is 0 Å². The molecule has 2 aromatic carbocycles. The molecule has 0 bridgehead atoms. The topological polar surface area (TPSA) is 37.3 Å². The molecule has 0 heterocycles. The van der Waals surface area contributed by atoms with Gasteiger partial charge in [-0.1, -0.05) is 62.7 Å². The van der Waals surface area contributed by atoms with Crippen LogP contribution in [-0.2, 0) is 5.41 Å². The summed E-state index contributed by atoms with van der Waals surface area (Å²) in [4.78, 5) is 11.4. The van der Waals surface area contributed by atoms with Crippen molar-refractivity contribution in [1.82, 2.24) is 0 Å². The van der Waals surface area contributed by atoms with Crippen LogP contribution in [0.4, 0.5) is 0 Å². The van der Waals surface area contributed by atoms with Crippen LogP contribution in [-0.4, -0.2) is 11.1 Å². The molecule has 2 rings (SSSR count). The number of aromatic carboxylic acids is 1. The van der Waals surface area contributed by atoms with Gasteiger partial charge in [0.2, 0.25) is 0 Å². The second kappa shape index (κ2) is 5.72. The van der Waals surface area contributed by atoms with Crippen LogP contribution in [0.2, 0.25) is 0 Å². The molecular weight excluding hydrogens is 260 g/mol. The van der Waals surface area contributed by atoms with Gasteiger partial charge >= 0.3 is 5.97 Å². The SMILES string of the molecule is CCC(C)(C)c1ccc(-c2ccc(C)cc2C(=O)O)cc1. The van der Waals surface area contributed by atoms with Crippen LogP contribution in [0.25, 0.3) is 11.1 Å². The lowest BCUT2D eigenvalue weighted by Gasteiger charge is -2.23. The molecule has 0 saturated heterocycles. The van der Waals surface area contributed by atoms with Crippen molar-refractivity contribution in [3.63, 3.8) is 0 Å². The molecule has 2 heteroatoms. The number of carboxylic acid groups (broad SMARTS) is 1. The van der Waals surface area contributed by atoms with Gasteiger partial charge in [0.15, 0.2) is 0 Å². The molecule has 0 aliphatic rings. The van der Waals surface area contributed by atoms with Crippen molar-refractivity contribution in [2.24, 2.45) is 0 Å². The van der Waals surface area contributed by atoms with Crippen molar-refractivity contribution >= 4 is 5.97 Å². The van der Waals surface area contributed by atoms with E-state index in [0.29, 0.717) is 5.56 Å². The number of hydrogen-bond donors (Lipinski definition) is 1. The summed E-state index contributed by atoms with van der Waals surface area (Å²) in [5.74, 6) is -0.883. The average Bonchev–Trinajstić information content (AvgIpc) is 2.47. The van der Waals surface area contributed by atoms with Crippen LogP contribution >= 0.6 is 0 Å². The summed E-state index contributed by atoms with van der Waals surface area (Å²) in [7, 11) is 0. The zero-order chi connectivity index (χ0) is 15.6. The monoisotopic (exact) mass is 282 g/mol. The maximum atomic E-state index is 11.4. The van der Waals surface area contributed by atoms with Crippen LogP contribution in [0.3, 0.4) is 0 Å². The highest BCUT2D eigenvalue weighted by atomic mass is 16.4. The Kier molecular flexibility index (Phi) is 4.17. The first-order valence-corrected chi connectivity index (χ1v) is 7.30. The molecule has 0 amide bonds. The summed E-state index contributed by atoms with van der Waals surface area (Å²) >= 11 is 0. The Bertz CT molecular complexity index is 652. The molecule has 2 aromatic rings. The Balaban J connectivity index is 2.47. The molecule has 0 fully saturated rings. The van der Waals surface area contributed by atoms with E-state index in [2.05, 4.69) is 32.9 Å². The molecule has 1 N–H and O–H groups in total. The summed E-state index contributed by atoms with van der Waals surface area (Å²) in [5, 5.41) is 9.37. The van der Waals surface area contributed by atoms with Gasteiger partial charge in [-0.05, 0) is 41.5 Å². The van der Waals surface area contributed by atoms with E-state index in [4.69, 9.17) is 0 Å². The highest BCUT2D eigenvalue weighted by molar-refractivity contribution is 5.96. The minimum Gasteiger partial charge on any atom is -0.478 e. The lowest BCUT2D eigenvalue weighted by atomic mass is 9.81. The van der Waals surface area contributed by atoms with E-state index in [9.17, 15) is 9.90 Å². The van der Waals surface area contributed by atoms with Crippen molar-refractivity contribution in [2.75, 3.05) is 0 Å². The van der Waals surface area contributed by atoms with E-state index in [0.717, 1.165) is 23.1 Å². The van der Waals surface area contributed by atoms with Gasteiger partial charge in [-0.15, -0.1) is 0 Å². The predicted octanol–water partition coefficient (Wildman–Crippen LogP) is 5.05. The molecule has 0 aliphatic heterocycles. The van der Waals surface area contributed by atoms with Crippen molar-refractivity contribution in [2.45, 2.75) is 39.5 Å². The quantitative estimate of drug-likeness (QED) is 0.852. The van der Waals surface area contributed by atoms with Gasteiger partial charge in [-0.3, -0.25) is 0 Å². The Hall–Kier alpha value is -2.09. The lowest BCUT2D eigenvalue weighted by molar-refractivity contribution is 0.0697. The maximum Gasteiger partial charge on any atom is 0.336 e. The zero-order valence-corrected chi connectivity index (χ0v) is 13.1. The summed E-state index contributed by atoms with van der Waals surface area (Å²) in [6.07, 6.45) is 1.07. The molecule has 0 radical (unpaired) electrons. The summed E-state index contributed by atoms with van der Waals surface area (Å²) < 4.78 is 0. The minimum atomic E-state index is -0.883. The van der Waals surface area contributed by atoms with Gasteiger partial charge in [-0.25, -0.2) is 4.79 Å². The number of benzene rings is 2. The Morgan fingerprint density at radius 1 is 1.10 bits per heavy atom. The van der Waals surface area contributed by atoms with E-state index in [-0.39, 0.29) is 5.41 Å². The third kappa shape index (κ3) is 3.15. The van der Waals surface area contributed by atoms with Crippen molar-refractivity contribution in [3.8, 4) is 11.1 Å². The van der Waals surface area contributed by atoms with Crippen LogP contribution < -0.4 is 0 Å². The van der Waals surface area contributed by atoms with Gasteiger partial charge in [0, 0.05) is 0 Å². The molecule has 2 nitrogen and oxygen atoms in total. The third-order valence-corrected chi connectivity index (χ3v) is 4.27. The van der Waals surface area contributed by atoms with Gasteiger partial charge in [0.1, 0.15) is 0 Å². The Morgan fingerprint density at radius 2 is 1.71 bits per heavy atom. The second-order valence-corrected chi connectivity index (χ2v) is 6.17. The largest absolute Gasteiger partial charge is 0.478 e. The summed E-state index contributed by atoms with van der Waals surface area (Å²) in [6, 6.07) is 13.8. The molecule has 21 heavy (non-hydrogen) atoms. The Morgan fingerprint density at radius 3 is 2.24 bits per heavy atom. The number of aryl methyl sites for hydroxylation is 1. The van der Waals surface area contributed by atoms with Gasteiger partial charge in [-0.2, -0.15) is 0 Å². The maximum absolute atomic E-state index is 11.4. The molecule has 0 aromatic heterocycles. The summed E-state index contributed by atoms with van der Waals surface area (Å²) in [6.45, 7) is 8.52. The number of carbonyl (C=O) groups is 1. The minimum absolute atomic E-state index is 0.140. The third-order valence-electron chi connectivity index (χ3n) is 4.27. The van der Waals surface area contributed by atoms with Crippen LogP contribution in [0, 0.1) is 6.92 Å². The zero-order valence-electron chi connectivity index (χ0n) is 13.1. The van der Waals surface area contributed by atoms with Crippen molar-refractivity contribution < 1.29 is 9.90 Å². The van der Waals surface area contributed by atoms with Crippen molar-refractivity contribution in [1.29, 1.82) is 0 Å². The summed E-state index contributed by atoms with van der Waals surface area (Å²) in [5.41, 5.74) is 4.45. The number of hydrogen-bond acceptors (Lipinski definition) is 1. The van der Waals surface area contributed by atoms with Crippen LogP contribution in [0.1, 0.15) is 48.7 Å². The van der Waals surface area contributed by atoms with Crippen molar-refractivity contribution in [3.05, 3.63) is 59.2 Å². The number of rotatable bonds is 4. The smallest absolute Gasteiger partial charge is 0.336 e. The first-order chi connectivity index (χ1) is 9.85. The molecule has 0 aliphatic carbocycles. The van der Waals surface area contributed by atoms with Crippen LogP contribution in [0.5, 0.6) is 0 Å². The molecule has 0 unspecified atom stereocenters. The fourth-order valence-electron chi connectivity index (χ4n) is 2.39. The van der Waals surface area contributed by atoms with Crippen LogP contribution in [0.15, 0.2) is 42.5 Å². The lowest BCUT2D eigenvalue weighted by Crippen LogP contribution is -2.15. The first-order valence-electron chi connectivity index (χ1n) is 7.30. The van der Waals surface area contributed by atoms with E-state index in [1.807, 2.05) is 31.2 Å². The van der Waals surface area contributed by atoms with Gasteiger partial charge in [0.05, 0.1) is 5.56 Å². The second-order valence-electron chi connectivity index (χ2n) is 6.17. The van der Waals surface area contributed by atoms with Gasteiger partial charge < -0.3 is 5.11 Å². The van der Waals surface area contributed by atoms with E-state index < -0.39 is 5.97 Å². The highest BCUT2D eigenvalue weighted by Crippen LogP contribution is 2.30. The Labute approximate surface area is 126 Å². The normalized spacial score (nSPS) is 11.4. The highest BCUT2D eigenvalue weighted by Gasteiger charge is 2.18. The fourth-order valence-corrected chi connectivity index (χ4v) is 2.39. The van der Waals surface area contributed by atoms with Gasteiger partial charge in [0.25, 0.3) is 0 Å².